The molecule has 0 aliphatic carbocycles. The second-order valence-electron chi connectivity index (χ2n) is 5.78. The van der Waals surface area contributed by atoms with Crippen LogP contribution >= 0.6 is 0 Å². The molecule has 4 rings (SSSR count). The van der Waals surface area contributed by atoms with Crippen LogP contribution in [0, 0.1) is 5.92 Å². The third kappa shape index (κ3) is 1.61. The van der Waals surface area contributed by atoms with Gasteiger partial charge in [0, 0.05) is 29.7 Å². The molecule has 4 nitrogen and oxygen atoms in total. The monoisotopic (exact) mass is 270 g/mol. The van der Waals surface area contributed by atoms with Crippen LogP contribution in [0.25, 0.3) is 10.9 Å². The molecule has 1 saturated heterocycles. The summed E-state index contributed by atoms with van der Waals surface area (Å²) >= 11 is 0. The van der Waals surface area contributed by atoms with E-state index in [9.17, 15) is 4.79 Å². The minimum atomic E-state index is -0.0722. The maximum atomic E-state index is 11.8. The van der Waals surface area contributed by atoms with Crippen LogP contribution in [-0.4, -0.2) is 36.1 Å². The molecule has 3 heterocycles. The normalized spacial score (nSPS) is 25.4. The van der Waals surface area contributed by atoms with Crippen molar-refractivity contribution < 1.29 is 9.53 Å². The Morgan fingerprint density at radius 2 is 2.25 bits per heavy atom. The average Bonchev–Trinajstić information content (AvgIpc) is 3.07. The van der Waals surface area contributed by atoms with Crippen molar-refractivity contribution in [3.63, 3.8) is 0 Å². The summed E-state index contributed by atoms with van der Waals surface area (Å²) in [5, 5.41) is 1.34. The topological polar surface area (TPSA) is 45.3 Å². The van der Waals surface area contributed by atoms with Gasteiger partial charge in [-0.15, -0.1) is 0 Å². The molecule has 0 saturated carbocycles. The highest BCUT2D eigenvalue weighted by Gasteiger charge is 2.41. The van der Waals surface area contributed by atoms with Gasteiger partial charge in [-0.25, -0.2) is 0 Å². The van der Waals surface area contributed by atoms with E-state index in [4.69, 9.17) is 4.74 Å². The number of ether oxygens (including phenoxy) is 1. The van der Waals surface area contributed by atoms with Crippen LogP contribution in [0.5, 0.6) is 0 Å². The van der Waals surface area contributed by atoms with Crippen molar-refractivity contribution in [1.82, 2.24) is 9.88 Å². The number of methoxy groups -OCH3 is 1. The summed E-state index contributed by atoms with van der Waals surface area (Å²) < 4.78 is 4.91. The number of aromatic nitrogens is 1. The summed E-state index contributed by atoms with van der Waals surface area (Å²) in [5.74, 6) is -0.0561. The van der Waals surface area contributed by atoms with Crippen LogP contribution in [0.4, 0.5) is 0 Å². The van der Waals surface area contributed by atoms with Crippen molar-refractivity contribution in [2.45, 2.75) is 18.9 Å². The predicted octanol–water partition coefficient (Wildman–Crippen LogP) is 2.26. The molecular weight excluding hydrogens is 252 g/mol. The van der Waals surface area contributed by atoms with Gasteiger partial charge in [-0.1, -0.05) is 18.2 Å². The molecule has 20 heavy (non-hydrogen) atoms. The van der Waals surface area contributed by atoms with Crippen molar-refractivity contribution in [2.24, 2.45) is 5.92 Å². The van der Waals surface area contributed by atoms with Gasteiger partial charge in [0.2, 0.25) is 0 Å². The third-order valence-electron chi connectivity index (χ3n) is 4.77. The van der Waals surface area contributed by atoms with Crippen molar-refractivity contribution in [3.8, 4) is 0 Å². The SMILES string of the molecule is COC(=O)[C@H]1C[C@H]2c3[nH]c4ccccc4c3CCN2C1. The number of aromatic amines is 1. The largest absolute Gasteiger partial charge is 0.469 e. The zero-order chi connectivity index (χ0) is 13.7. The number of hydrogen-bond donors (Lipinski definition) is 1. The first-order valence-corrected chi connectivity index (χ1v) is 7.19. The Labute approximate surface area is 117 Å². The molecule has 4 heteroatoms. The van der Waals surface area contributed by atoms with Gasteiger partial charge in [-0.05, 0) is 24.5 Å². The summed E-state index contributed by atoms with van der Waals surface area (Å²) in [5.41, 5.74) is 3.96. The first-order valence-electron chi connectivity index (χ1n) is 7.19. The van der Waals surface area contributed by atoms with E-state index in [-0.39, 0.29) is 11.9 Å². The van der Waals surface area contributed by atoms with Crippen LogP contribution in [0.15, 0.2) is 24.3 Å². The highest BCUT2D eigenvalue weighted by Crippen LogP contribution is 2.42. The van der Waals surface area contributed by atoms with Crippen molar-refractivity contribution in [1.29, 1.82) is 0 Å². The number of H-pyrrole nitrogens is 1. The molecule has 1 N–H and O–H groups in total. The Hall–Kier alpha value is -1.81. The molecule has 104 valence electrons. The molecule has 0 bridgehead atoms. The number of fused-ring (bicyclic) bond motifs is 5. The molecule has 0 amide bonds. The van der Waals surface area contributed by atoms with E-state index < -0.39 is 0 Å². The number of nitrogens with zero attached hydrogens (tertiary/aromatic N) is 1. The Morgan fingerprint density at radius 3 is 3.10 bits per heavy atom. The van der Waals surface area contributed by atoms with Gasteiger partial charge in [0.15, 0.2) is 0 Å². The fourth-order valence-electron chi connectivity index (χ4n) is 3.82. The van der Waals surface area contributed by atoms with Crippen LogP contribution in [0.1, 0.15) is 23.7 Å². The minimum absolute atomic E-state index is 0.0161. The average molecular weight is 270 g/mol. The minimum Gasteiger partial charge on any atom is -0.469 e. The molecular formula is C16H18N2O2. The Balaban J connectivity index is 1.74. The van der Waals surface area contributed by atoms with Crippen molar-refractivity contribution in [3.05, 3.63) is 35.5 Å². The zero-order valence-electron chi connectivity index (χ0n) is 11.6. The first kappa shape index (κ1) is 12.0. The third-order valence-corrected chi connectivity index (χ3v) is 4.77. The maximum Gasteiger partial charge on any atom is 0.310 e. The molecule has 0 spiro atoms. The summed E-state index contributed by atoms with van der Waals surface area (Å²) in [6, 6.07) is 8.82. The second kappa shape index (κ2) is 4.35. The van der Waals surface area contributed by atoms with Gasteiger partial charge < -0.3 is 9.72 Å². The lowest BCUT2D eigenvalue weighted by Gasteiger charge is -2.29. The molecule has 1 fully saturated rings. The maximum absolute atomic E-state index is 11.8. The number of hydrogen-bond acceptors (Lipinski definition) is 3. The summed E-state index contributed by atoms with van der Waals surface area (Å²) in [7, 11) is 1.48. The lowest BCUT2D eigenvalue weighted by Crippen LogP contribution is -2.31. The highest BCUT2D eigenvalue weighted by atomic mass is 16.5. The van der Waals surface area contributed by atoms with E-state index in [1.165, 1.54) is 29.3 Å². The van der Waals surface area contributed by atoms with Crippen LogP contribution in [0.3, 0.4) is 0 Å². The fraction of sp³-hybridized carbons (Fsp3) is 0.438. The number of esters is 1. The molecule has 0 unspecified atom stereocenters. The van der Waals surface area contributed by atoms with E-state index in [0.29, 0.717) is 6.04 Å². The first-order chi connectivity index (χ1) is 9.78. The van der Waals surface area contributed by atoms with E-state index in [1.54, 1.807) is 0 Å². The zero-order valence-corrected chi connectivity index (χ0v) is 11.6. The lowest BCUT2D eigenvalue weighted by atomic mass is 9.96. The van der Waals surface area contributed by atoms with Gasteiger partial charge in [-0.2, -0.15) is 0 Å². The van der Waals surface area contributed by atoms with E-state index in [1.807, 2.05) is 0 Å². The molecule has 1 aromatic heterocycles. The Bertz CT molecular complexity index is 676. The van der Waals surface area contributed by atoms with Crippen LogP contribution in [-0.2, 0) is 16.0 Å². The number of benzene rings is 1. The van der Waals surface area contributed by atoms with Gasteiger partial charge in [0.1, 0.15) is 0 Å². The summed E-state index contributed by atoms with van der Waals surface area (Å²) in [6.07, 6.45) is 1.93. The van der Waals surface area contributed by atoms with E-state index in [0.717, 1.165) is 25.9 Å². The highest BCUT2D eigenvalue weighted by molar-refractivity contribution is 5.85. The quantitative estimate of drug-likeness (QED) is 0.808. The lowest BCUT2D eigenvalue weighted by molar-refractivity contribution is -0.144. The number of nitrogens with one attached hydrogen (secondary N) is 1. The Morgan fingerprint density at radius 1 is 1.40 bits per heavy atom. The molecule has 0 radical (unpaired) electrons. The number of para-hydroxylation sites is 1. The number of carbonyl (C=O) groups excluding carboxylic acids is 1. The molecule has 2 aliphatic rings. The van der Waals surface area contributed by atoms with E-state index in [2.05, 4.69) is 34.1 Å². The predicted molar refractivity (Wildman–Crippen MR) is 76.4 cm³/mol. The molecule has 2 aromatic rings. The summed E-state index contributed by atoms with van der Waals surface area (Å²) in [6.45, 7) is 1.86. The fourth-order valence-corrected chi connectivity index (χ4v) is 3.82. The summed E-state index contributed by atoms with van der Waals surface area (Å²) in [4.78, 5) is 17.8. The molecule has 2 atom stereocenters. The second-order valence-corrected chi connectivity index (χ2v) is 5.78. The number of carbonyl (C=O) groups is 1. The van der Waals surface area contributed by atoms with Gasteiger partial charge >= 0.3 is 5.97 Å². The van der Waals surface area contributed by atoms with Crippen molar-refractivity contribution in [2.75, 3.05) is 20.2 Å². The van der Waals surface area contributed by atoms with Crippen LogP contribution < -0.4 is 0 Å². The standard InChI is InChI=1S/C16H18N2O2/c1-20-16(19)10-8-14-15-12(6-7-18(14)9-10)11-4-2-3-5-13(11)17-15/h2-5,10,14,17H,6-9H2,1H3/t10-,14-/m0/s1. The molecule has 1 aromatic carbocycles. The molecule has 2 aliphatic heterocycles. The van der Waals surface area contributed by atoms with Gasteiger partial charge in [0.05, 0.1) is 19.1 Å². The van der Waals surface area contributed by atoms with Gasteiger partial charge in [0.25, 0.3) is 0 Å². The van der Waals surface area contributed by atoms with Crippen LogP contribution in [0.2, 0.25) is 0 Å². The number of rotatable bonds is 1. The van der Waals surface area contributed by atoms with E-state index >= 15 is 0 Å². The van der Waals surface area contributed by atoms with Gasteiger partial charge in [-0.3, -0.25) is 9.69 Å². The Kier molecular flexibility index (Phi) is 2.60. The van der Waals surface area contributed by atoms with Crippen molar-refractivity contribution >= 4 is 16.9 Å². The smallest absolute Gasteiger partial charge is 0.310 e.